The number of carboxylic acid groups (broad SMARTS) is 1. The van der Waals surface area contributed by atoms with Gasteiger partial charge < -0.3 is 25.2 Å². The number of rotatable bonds is 12. The summed E-state index contributed by atoms with van der Waals surface area (Å²) in [4.78, 5) is 29.9. The summed E-state index contributed by atoms with van der Waals surface area (Å²) in [7, 11) is 0. The van der Waals surface area contributed by atoms with Crippen LogP contribution in [0, 0.1) is 0 Å². The van der Waals surface area contributed by atoms with Gasteiger partial charge in [0.15, 0.2) is 0 Å². The summed E-state index contributed by atoms with van der Waals surface area (Å²) in [5, 5.41) is 22.8. The van der Waals surface area contributed by atoms with E-state index in [1.54, 1.807) is 48.5 Å². The number of hydrogen-bond donors (Lipinski definition) is 3. The molecule has 0 aliphatic heterocycles. The SMILES string of the molecule is O=C(Cc1cccc(OCc2ccccc2)n1)Nc1ccc(CCN(C[C@H](O)c2ccccc2)C(=O)O)cc1. The average Bonchev–Trinajstić information content (AvgIpc) is 2.96. The highest BCUT2D eigenvalue weighted by atomic mass is 16.5. The summed E-state index contributed by atoms with van der Waals surface area (Å²) in [6, 6.07) is 31.4. The Labute approximate surface area is 227 Å². The first kappa shape index (κ1) is 27.3. The van der Waals surface area contributed by atoms with E-state index in [0.717, 1.165) is 11.1 Å². The average molecular weight is 526 g/mol. The van der Waals surface area contributed by atoms with E-state index in [9.17, 15) is 19.8 Å². The van der Waals surface area contributed by atoms with Gasteiger partial charge in [0, 0.05) is 18.3 Å². The number of nitrogens with one attached hydrogen (secondary N) is 1. The fourth-order valence-electron chi connectivity index (χ4n) is 4.01. The lowest BCUT2D eigenvalue weighted by Gasteiger charge is -2.22. The Hall–Kier alpha value is -4.69. The first-order chi connectivity index (χ1) is 19.0. The topological polar surface area (TPSA) is 112 Å². The Bertz CT molecular complexity index is 1350. The van der Waals surface area contributed by atoms with E-state index < -0.39 is 12.2 Å². The molecule has 8 nitrogen and oxygen atoms in total. The molecule has 3 aromatic carbocycles. The van der Waals surface area contributed by atoms with Crippen LogP contribution in [0.5, 0.6) is 5.88 Å². The van der Waals surface area contributed by atoms with Crippen LogP contribution in [-0.2, 0) is 24.2 Å². The Morgan fingerprint density at radius 3 is 2.23 bits per heavy atom. The van der Waals surface area contributed by atoms with Crippen molar-refractivity contribution in [3.05, 3.63) is 126 Å². The number of carbonyl (C=O) groups excluding carboxylic acids is 1. The van der Waals surface area contributed by atoms with Gasteiger partial charge in [-0.1, -0.05) is 78.9 Å². The van der Waals surface area contributed by atoms with Crippen molar-refractivity contribution in [3.8, 4) is 5.88 Å². The highest BCUT2D eigenvalue weighted by molar-refractivity contribution is 5.92. The molecule has 8 heteroatoms. The van der Waals surface area contributed by atoms with Crippen LogP contribution in [0.25, 0.3) is 0 Å². The second-order valence-corrected chi connectivity index (χ2v) is 9.07. The molecule has 1 atom stereocenters. The maximum absolute atomic E-state index is 12.6. The van der Waals surface area contributed by atoms with Gasteiger partial charge in [0.25, 0.3) is 0 Å². The number of carbonyl (C=O) groups is 2. The highest BCUT2D eigenvalue weighted by Crippen LogP contribution is 2.16. The van der Waals surface area contributed by atoms with Crippen LogP contribution >= 0.6 is 0 Å². The summed E-state index contributed by atoms with van der Waals surface area (Å²) in [5.41, 5.74) is 3.85. The van der Waals surface area contributed by atoms with E-state index in [4.69, 9.17) is 4.74 Å². The molecule has 0 aliphatic carbocycles. The zero-order valence-corrected chi connectivity index (χ0v) is 21.4. The van der Waals surface area contributed by atoms with Crippen LogP contribution in [0.2, 0.25) is 0 Å². The molecule has 0 unspecified atom stereocenters. The Morgan fingerprint density at radius 2 is 1.54 bits per heavy atom. The van der Waals surface area contributed by atoms with Crippen LogP contribution in [0.3, 0.4) is 0 Å². The number of aromatic nitrogens is 1. The fraction of sp³-hybridized carbons (Fsp3) is 0.194. The number of nitrogens with zero attached hydrogens (tertiary/aromatic N) is 2. The van der Waals surface area contributed by atoms with Crippen LogP contribution in [0.4, 0.5) is 10.5 Å². The first-order valence-corrected chi connectivity index (χ1v) is 12.7. The Balaban J connectivity index is 1.25. The van der Waals surface area contributed by atoms with Gasteiger partial charge in [0.05, 0.1) is 24.8 Å². The molecule has 0 saturated heterocycles. The summed E-state index contributed by atoms with van der Waals surface area (Å²) in [6.07, 6.45) is -1.41. The smallest absolute Gasteiger partial charge is 0.407 e. The van der Waals surface area contributed by atoms with Crippen LogP contribution in [0.1, 0.15) is 28.5 Å². The first-order valence-electron chi connectivity index (χ1n) is 12.7. The second-order valence-electron chi connectivity index (χ2n) is 9.07. The highest BCUT2D eigenvalue weighted by Gasteiger charge is 2.18. The molecule has 4 rings (SSSR count). The minimum atomic E-state index is -1.09. The number of anilines is 1. The molecule has 0 bridgehead atoms. The molecule has 4 aromatic rings. The monoisotopic (exact) mass is 525 g/mol. The number of ether oxygens (including phenoxy) is 1. The maximum Gasteiger partial charge on any atom is 0.407 e. The van der Waals surface area contributed by atoms with Crippen molar-refractivity contribution in [2.75, 3.05) is 18.4 Å². The summed E-state index contributed by atoms with van der Waals surface area (Å²) in [6.45, 7) is 0.618. The molecular weight excluding hydrogens is 494 g/mol. The van der Waals surface area contributed by atoms with E-state index in [1.165, 1.54) is 4.90 Å². The number of aliphatic hydroxyl groups excluding tert-OH is 1. The lowest BCUT2D eigenvalue weighted by atomic mass is 10.1. The van der Waals surface area contributed by atoms with Gasteiger partial charge >= 0.3 is 6.09 Å². The predicted molar refractivity (Wildman–Crippen MR) is 148 cm³/mol. The van der Waals surface area contributed by atoms with Crippen LogP contribution in [-0.4, -0.2) is 45.2 Å². The van der Waals surface area contributed by atoms with Crippen molar-refractivity contribution >= 4 is 17.7 Å². The van der Waals surface area contributed by atoms with Gasteiger partial charge in [0.1, 0.15) is 6.61 Å². The van der Waals surface area contributed by atoms with Gasteiger partial charge in [-0.3, -0.25) is 4.79 Å². The van der Waals surface area contributed by atoms with Crippen LogP contribution in [0.15, 0.2) is 103 Å². The van der Waals surface area contributed by atoms with Gasteiger partial charge in [0.2, 0.25) is 11.8 Å². The third-order valence-corrected chi connectivity index (χ3v) is 6.11. The molecule has 1 heterocycles. The van der Waals surface area contributed by atoms with Gasteiger partial charge in [-0.15, -0.1) is 0 Å². The number of amides is 2. The normalized spacial score (nSPS) is 11.4. The van der Waals surface area contributed by atoms with E-state index in [2.05, 4.69) is 10.3 Å². The van der Waals surface area contributed by atoms with Crippen molar-refractivity contribution in [2.45, 2.75) is 25.6 Å². The molecule has 1 aromatic heterocycles. The standard InChI is InChI=1S/C31H31N3O5/c35-28(25-10-5-2-6-11-25)21-34(31(37)38)19-18-23-14-16-26(17-15-23)32-29(36)20-27-12-7-13-30(33-27)39-22-24-8-3-1-4-9-24/h1-17,28,35H,18-22H2,(H,32,36)(H,37,38)/t28-/m0/s1. The predicted octanol–water partition coefficient (Wildman–Crippen LogP) is 5.10. The van der Waals surface area contributed by atoms with Crippen molar-refractivity contribution in [2.24, 2.45) is 0 Å². The molecule has 3 N–H and O–H groups in total. The number of pyridine rings is 1. The summed E-state index contributed by atoms with van der Waals surface area (Å²) in [5.74, 6) is 0.252. The molecule has 2 amide bonds. The zero-order chi connectivity index (χ0) is 27.5. The summed E-state index contributed by atoms with van der Waals surface area (Å²) < 4.78 is 5.75. The quantitative estimate of drug-likeness (QED) is 0.237. The largest absolute Gasteiger partial charge is 0.473 e. The minimum Gasteiger partial charge on any atom is -0.473 e. The molecule has 200 valence electrons. The lowest BCUT2D eigenvalue weighted by Crippen LogP contribution is -2.35. The van der Waals surface area contributed by atoms with E-state index in [0.29, 0.717) is 35.9 Å². The van der Waals surface area contributed by atoms with Gasteiger partial charge in [-0.05, 0) is 41.3 Å². The molecular formula is C31H31N3O5. The lowest BCUT2D eigenvalue weighted by molar-refractivity contribution is -0.115. The van der Waals surface area contributed by atoms with Crippen molar-refractivity contribution in [1.29, 1.82) is 0 Å². The van der Waals surface area contributed by atoms with Crippen molar-refractivity contribution in [1.82, 2.24) is 9.88 Å². The molecule has 0 aliphatic rings. The minimum absolute atomic E-state index is 0.0139. The zero-order valence-electron chi connectivity index (χ0n) is 21.4. The van der Waals surface area contributed by atoms with Crippen LogP contribution < -0.4 is 10.1 Å². The molecule has 39 heavy (non-hydrogen) atoms. The molecule has 0 fully saturated rings. The Kier molecular flexibility index (Phi) is 9.63. The Morgan fingerprint density at radius 1 is 0.846 bits per heavy atom. The van der Waals surface area contributed by atoms with Gasteiger partial charge in [-0.25, -0.2) is 9.78 Å². The number of hydrogen-bond acceptors (Lipinski definition) is 5. The number of benzene rings is 3. The number of aliphatic hydroxyl groups is 1. The van der Waals surface area contributed by atoms with E-state index in [1.807, 2.05) is 54.6 Å². The fourth-order valence-corrected chi connectivity index (χ4v) is 4.01. The molecule has 0 radical (unpaired) electrons. The molecule has 0 saturated carbocycles. The van der Waals surface area contributed by atoms with E-state index in [-0.39, 0.29) is 25.4 Å². The maximum atomic E-state index is 12.6. The van der Waals surface area contributed by atoms with Crippen molar-refractivity contribution in [3.63, 3.8) is 0 Å². The molecule has 0 spiro atoms. The second kappa shape index (κ2) is 13.7. The third kappa shape index (κ3) is 8.69. The third-order valence-electron chi connectivity index (χ3n) is 6.11. The van der Waals surface area contributed by atoms with E-state index >= 15 is 0 Å². The van der Waals surface area contributed by atoms with Gasteiger partial charge in [-0.2, -0.15) is 0 Å². The van der Waals surface area contributed by atoms with Crippen molar-refractivity contribution < 1.29 is 24.5 Å². The summed E-state index contributed by atoms with van der Waals surface area (Å²) >= 11 is 0.